The number of carbonyl (C=O) groups excluding carboxylic acids is 3. The van der Waals surface area contributed by atoms with E-state index in [1.165, 1.54) is 54.9 Å². The third-order valence-corrected chi connectivity index (χ3v) is 7.29. The molecule has 0 bridgehead atoms. The van der Waals surface area contributed by atoms with E-state index in [2.05, 4.69) is 14.8 Å². The molecule has 3 rings (SSSR count). The number of anilines is 1. The summed E-state index contributed by atoms with van der Waals surface area (Å²) in [7, 11) is -1.48. The van der Waals surface area contributed by atoms with Gasteiger partial charge >= 0.3 is 11.9 Å². The normalized spacial score (nSPS) is 14.1. The fourth-order valence-corrected chi connectivity index (χ4v) is 5.30. The summed E-state index contributed by atoms with van der Waals surface area (Å²) in [6.45, 7) is 0.789. The predicted octanol–water partition coefficient (Wildman–Crippen LogP) is 2.95. The van der Waals surface area contributed by atoms with Crippen LogP contribution in [0.5, 0.6) is 0 Å². The molecule has 1 N–H and O–H groups in total. The molecular weight excluding hydrogens is 460 g/mol. The second-order valence-corrected chi connectivity index (χ2v) is 9.31. The molecule has 1 aliphatic rings. The number of hydrogen-bond donors (Lipinski definition) is 1. The van der Waals surface area contributed by atoms with Crippen molar-refractivity contribution in [2.75, 3.05) is 32.6 Å². The molecular formula is C21H21ClN2O7S. The van der Waals surface area contributed by atoms with E-state index in [9.17, 15) is 22.8 Å². The number of methoxy groups -OCH3 is 2. The van der Waals surface area contributed by atoms with Gasteiger partial charge in [-0.3, -0.25) is 4.79 Å². The fraction of sp³-hybridized carbons (Fsp3) is 0.286. The van der Waals surface area contributed by atoms with Crippen molar-refractivity contribution in [2.24, 2.45) is 0 Å². The quantitative estimate of drug-likeness (QED) is 0.631. The molecule has 0 saturated carbocycles. The first-order valence-corrected chi connectivity index (χ1v) is 11.4. The minimum atomic E-state index is -3.84. The zero-order valence-electron chi connectivity index (χ0n) is 17.4. The molecule has 0 aliphatic carbocycles. The van der Waals surface area contributed by atoms with Crippen LogP contribution in [0.15, 0.2) is 41.3 Å². The Hall–Kier alpha value is -2.95. The highest BCUT2D eigenvalue weighted by molar-refractivity contribution is 7.89. The molecule has 11 heteroatoms. The molecule has 0 radical (unpaired) electrons. The van der Waals surface area contributed by atoms with Crippen molar-refractivity contribution in [1.29, 1.82) is 0 Å². The van der Waals surface area contributed by atoms with Crippen LogP contribution in [0.3, 0.4) is 0 Å². The van der Waals surface area contributed by atoms with E-state index < -0.39 is 27.9 Å². The molecule has 170 valence electrons. The Balaban J connectivity index is 1.94. The summed E-state index contributed by atoms with van der Waals surface area (Å²) in [5.41, 5.74) is 0.214. The Morgan fingerprint density at radius 2 is 1.47 bits per heavy atom. The Kier molecular flexibility index (Phi) is 7.17. The fourth-order valence-electron chi connectivity index (χ4n) is 3.28. The van der Waals surface area contributed by atoms with Gasteiger partial charge in [0.15, 0.2) is 0 Å². The SMILES string of the molecule is COC(=O)c1cc(NC(=O)c2ccc(Cl)c(S(=O)(=O)N3CCCC3)c2)cc(C(=O)OC)c1. The van der Waals surface area contributed by atoms with Crippen molar-refractivity contribution in [1.82, 2.24) is 4.31 Å². The van der Waals surface area contributed by atoms with E-state index in [4.69, 9.17) is 11.6 Å². The van der Waals surface area contributed by atoms with Gasteiger partial charge in [0.1, 0.15) is 4.90 Å². The zero-order valence-corrected chi connectivity index (χ0v) is 19.0. The van der Waals surface area contributed by atoms with Gasteiger partial charge in [0.05, 0.1) is 30.4 Å². The molecule has 32 heavy (non-hydrogen) atoms. The number of ether oxygens (including phenoxy) is 2. The maximum atomic E-state index is 12.9. The number of sulfonamides is 1. The first kappa shape index (κ1) is 23.7. The van der Waals surface area contributed by atoms with E-state index in [0.29, 0.717) is 13.1 Å². The van der Waals surface area contributed by atoms with Crippen LogP contribution in [0.2, 0.25) is 5.02 Å². The largest absolute Gasteiger partial charge is 0.465 e. The van der Waals surface area contributed by atoms with E-state index >= 15 is 0 Å². The van der Waals surface area contributed by atoms with Crippen LogP contribution < -0.4 is 5.32 Å². The number of halogens is 1. The summed E-state index contributed by atoms with van der Waals surface area (Å²) in [5, 5.41) is 2.57. The van der Waals surface area contributed by atoms with Gasteiger partial charge in [-0.1, -0.05) is 11.6 Å². The number of esters is 2. The number of rotatable bonds is 6. The van der Waals surface area contributed by atoms with Crippen LogP contribution in [-0.2, 0) is 19.5 Å². The first-order chi connectivity index (χ1) is 15.2. The van der Waals surface area contributed by atoms with Crippen LogP contribution in [0.1, 0.15) is 43.9 Å². The molecule has 2 aromatic rings. The molecule has 0 spiro atoms. The summed E-state index contributed by atoms with van der Waals surface area (Å²) in [6, 6.07) is 7.85. The van der Waals surface area contributed by atoms with E-state index in [-0.39, 0.29) is 32.3 Å². The zero-order chi connectivity index (χ0) is 23.5. The van der Waals surface area contributed by atoms with Gasteiger partial charge in [-0.2, -0.15) is 4.31 Å². The Morgan fingerprint density at radius 3 is 2.00 bits per heavy atom. The molecule has 2 aromatic carbocycles. The number of nitrogens with zero attached hydrogens (tertiary/aromatic N) is 1. The topological polar surface area (TPSA) is 119 Å². The van der Waals surface area contributed by atoms with Crippen LogP contribution in [0.4, 0.5) is 5.69 Å². The maximum Gasteiger partial charge on any atom is 0.337 e. The summed E-state index contributed by atoms with van der Waals surface area (Å²) in [5.74, 6) is -2.08. The number of nitrogens with one attached hydrogen (secondary N) is 1. The standard InChI is InChI=1S/C21H21ClN2O7S/c1-30-20(26)14-9-15(21(27)31-2)11-16(10-14)23-19(25)13-5-6-17(22)18(12-13)32(28,29)24-7-3-4-8-24/h5-6,9-12H,3-4,7-8H2,1-2H3,(H,23,25). The monoisotopic (exact) mass is 480 g/mol. The molecule has 1 heterocycles. The highest BCUT2D eigenvalue weighted by atomic mass is 35.5. The number of carbonyl (C=O) groups is 3. The third-order valence-electron chi connectivity index (χ3n) is 4.91. The van der Waals surface area contributed by atoms with Gasteiger partial charge < -0.3 is 14.8 Å². The highest BCUT2D eigenvalue weighted by Gasteiger charge is 2.30. The van der Waals surface area contributed by atoms with E-state index in [1.54, 1.807) is 0 Å². The van der Waals surface area contributed by atoms with Gasteiger partial charge in [0, 0.05) is 24.3 Å². The van der Waals surface area contributed by atoms with Crippen LogP contribution in [-0.4, -0.2) is 57.9 Å². The second-order valence-electron chi connectivity index (χ2n) is 6.99. The van der Waals surface area contributed by atoms with Crippen molar-refractivity contribution in [3.63, 3.8) is 0 Å². The smallest absolute Gasteiger partial charge is 0.337 e. The van der Waals surface area contributed by atoms with E-state index in [0.717, 1.165) is 12.8 Å². The Labute approximate surface area is 190 Å². The molecule has 1 amide bonds. The average molecular weight is 481 g/mol. The summed E-state index contributed by atoms with van der Waals surface area (Å²) < 4.78 is 36.5. The van der Waals surface area contributed by atoms with E-state index in [1.807, 2.05) is 0 Å². The summed E-state index contributed by atoms with van der Waals surface area (Å²) in [4.78, 5) is 36.5. The van der Waals surface area contributed by atoms with Crippen LogP contribution >= 0.6 is 11.6 Å². The molecule has 1 aliphatic heterocycles. The van der Waals surface area contributed by atoms with Gasteiger partial charge in [-0.15, -0.1) is 0 Å². The molecule has 1 saturated heterocycles. The van der Waals surface area contributed by atoms with Gasteiger partial charge in [0.25, 0.3) is 5.91 Å². The highest BCUT2D eigenvalue weighted by Crippen LogP contribution is 2.28. The summed E-state index contributed by atoms with van der Waals surface area (Å²) >= 11 is 6.13. The van der Waals surface area contributed by atoms with Crippen molar-refractivity contribution in [3.05, 3.63) is 58.1 Å². The van der Waals surface area contributed by atoms with Crippen LogP contribution in [0.25, 0.3) is 0 Å². The third kappa shape index (κ3) is 4.93. The first-order valence-electron chi connectivity index (χ1n) is 9.60. The number of amides is 1. The minimum Gasteiger partial charge on any atom is -0.465 e. The lowest BCUT2D eigenvalue weighted by molar-refractivity contribution is 0.0598. The predicted molar refractivity (Wildman–Crippen MR) is 117 cm³/mol. The number of hydrogen-bond acceptors (Lipinski definition) is 7. The lowest BCUT2D eigenvalue weighted by Gasteiger charge is -2.17. The second kappa shape index (κ2) is 9.68. The van der Waals surface area contributed by atoms with Gasteiger partial charge in [-0.25, -0.2) is 18.0 Å². The van der Waals surface area contributed by atoms with Crippen LogP contribution in [0, 0.1) is 0 Å². The van der Waals surface area contributed by atoms with Crippen molar-refractivity contribution >= 4 is 45.2 Å². The van der Waals surface area contributed by atoms with Gasteiger partial charge in [0.2, 0.25) is 10.0 Å². The number of benzene rings is 2. The van der Waals surface area contributed by atoms with Crippen molar-refractivity contribution in [2.45, 2.75) is 17.7 Å². The van der Waals surface area contributed by atoms with Crippen molar-refractivity contribution in [3.8, 4) is 0 Å². The summed E-state index contributed by atoms with van der Waals surface area (Å²) in [6.07, 6.45) is 1.52. The average Bonchev–Trinajstić information content (AvgIpc) is 3.33. The van der Waals surface area contributed by atoms with Crippen molar-refractivity contribution < 1.29 is 32.3 Å². The maximum absolute atomic E-state index is 12.9. The minimum absolute atomic E-state index is 0.00844. The van der Waals surface area contributed by atoms with Gasteiger partial charge in [-0.05, 0) is 49.2 Å². The lowest BCUT2D eigenvalue weighted by atomic mass is 10.1. The Morgan fingerprint density at radius 1 is 0.906 bits per heavy atom. The lowest BCUT2D eigenvalue weighted by Crippen LogP contribution is -2.28. The molecule has 1 fully saturated rings. The molecule has 0 aromatic heterocycles. The molecule has 0 atom stereocenters. The molecule has 0 unspecified atom stereocenters. The Bertz CT molecular complexity index is 1140. The molecule has 9 nitrogen and oxygen atoms in total.